The van der Waals surface area contributed by atoms with Crippen LogP contribution < -0.4 is 15.0 Å². The molecule has 0 bridgehead atoms. The number of anilines is 1. The first-order valence-corrected chi connectivity index (χ1v) is 11.1. The van der Waals surface area contributed by atoms with Crippen LogP contribution in [0.2, 0.25) is 0 Å². The molecule has 9 heteroatoms. The molecular weight excluding hydrogens is 466 g/mol. The second-order valence-electron chi connectivity index (χ2n) is 7.86. The number of nitrogens with zero attached hydrogens (tertiary/aromatic N) is 2. The number of rotatable bonds is 5. The molecule has 1 fully saturated rings. The SMILES string of the molecule is COC(=O)c1ccc(-n2c(C)cc(C=C3C(=O)NC(=S)N(c4ccc(OC)cc4)C3=O)c2C)cc1. The monoisotopic (exact) mass is 489 g/mol. The number of carbonyl (C=O) groups is 3. The van der Waals surface area contributed by atoms with Crippen molar-refractivity contribution in [3.63, 3.8) is 0 Å². The molecule has 2 aromatic carbocycles. The molecule has 1 saturated heterocycles. The van der Waals surface area contributed by atoms with Crippen LogP contribution in [0.3, 0.4) is 0 Å². The number of carbonyl (C=O) groups excluding carboxylic acids is 3. The van der Waals surface area contributed by atoms with Crippen LogP contribution in [-0.2, 0) is 14.3 Å². The van der Waals surface area contributed by atoms with Crippen molar-refractivity contribution in [1.82, 2.24) is 9.88 Å². The third kappa shape index (κ3) is 4.45. The van der Waals surface area contributed by atoms with Gasteiger partial charge in [0.05, 0.1) is 25.5 Å². The van der Waals surface area contributed by atoms with E-state index in [-0.39, 0.29) is 10.7 Å². The first-order chi connectivity index (χ1) is 16.7. The van der Waals surface area contributed by atoms with E-state index in [1.807, 2.05) is 36.6 Å². The van der Waals surface area contributed by atoms with Gasteiger partial charge in [0.2, 0.25) is 0 Å². The number of methoxy groups -OCH3 is 2. The quantitative estimate of drug-likeness (QED) is 0.254. The van der Waals surface area contributed by atoms with E-state index in [9.17, 15) is 14.4 Å². The molecule has 2 heterocycles. The van der Waals surface area contributed by atoms with Gasteiger partial charge in [-0.15, -0.1) is 0 Å². The maximum atomic E-state index is 13.3. The number of amides is 2. The van der Waals surface area contributed by atoms with Gasteiger partial charge in [0.25, 0.3) is 11.8 Å². The average Bonchev–Trinajstić information content (AvgIpc) is 3.14. The van der Waals surface area contributed by atoms with Gasteiger partial charge in [-0.2, -0.15) is 0 Å². The lowest BCUT2D eigenvalue weighted by atomic mass is 10.1. The first-order valence-electron chi connectivity index (χ1n) is 10.7. The van der Waals surface area contributed by atoms with E-state index in [2.05, 4.69) is 5.32 Å². The summed E-state index contributed by atoms with van der Waals surface area (Å²) in [6.45, 7) is 3.81. The summed E-state index contributed by atoms with van der Waals surface area (Å²) in [6.07, 6.45) is 1.57. The Balaban J connectivity index is 1.70. The molecule has 1 aliphatic rings. The number of hydrogen-bond acceptors (Lipinski definition) is 6. The Kier molecular flexibility index (Phi) is 6.52. The van der Waals surface area contributed by atoms with Crippen molar-refractivity contribution in [2.75, 3.05) is 19.1 Å². The van der Waals surface area contributed by atoms with Crippen LogP contribution in [0.1, 0.15) is 27.3 Å². The van der Waals surface area contributed by atoms with Crippen LogP contribution in [0.5, 0.6) is 5.75 Å². The minimum absolute atomic E-state index is 0.0125. The number of aromatic nitrogens is 1. The van der Waals surface area contributed by atoms with Crippen molar-refractivity contribution < 1.29 is 23.9 Å². The highest BCUT2D eigenvalue weighted by atomic mass is 32.1. The maximum absolute atomic E-state index is 13.3. The van der Waals surface area contributed by atoms with E-state index in [0.717, 1.165) is 17.1 Å². The molecular formula is C26H23N3O5S. The molecule has 0 unspecified atom stereocenters. The van der Waals surface area contributed by atoms with Crippen molar-refractivity contribution >= 4 is 46.9 Å². The molecule has 0 spiro atoms. The van der Waals surface area contributed by atoms with Crippen molar-refractivity contribution in [3.05, 3.63) is 82.7 Å². The standard InChI is InChI=1S/C26H23N3O5S/c1-15-13-18(16(2)28(15)19-7-5-17(6-8-19)25(32)34-4)14-22-23(30)27-26(35)29(24(22)31)20-9-11-21(33-3)12-10-20/h5-14H,1-4H3,(H,27,30,35). The van der Waals surface area contributed by atoms with Gasteiger partial charge < -0.3 is 14.0 Å². The van der Waals surface area contributed by atoms with E-state index in [0.29, 0.717) is 22.6 Å². The summed E-state index contributed by atoms with van der Waals surface area (Å²) in [5.74, 6) is -0.854. The van der Waals surface area contributed by atoms with Crippen LogP contribution in [0, 0.1) is 13.8 Å². The summed E-state index contributed by atoms with van der Waals surface area (Å²) in [5, 5.41) is 2.61. The van der Waals surface area contributed by atoms with Crippen molar-refractivity contribution in [3.8, 4) is 11.4 Å². The Morgan fingerprint density at radius 3 is 2.20 bits per heavy atom. The van der Waals surface area contributed by atoms with E-state index in [4.69, 9.17) is 21.7 Å². The fourth-order valence-corrected chi connectivity index (χ4v) is 4.26. The van der Waals surface area contributed by atoms with Gasteiger partial charge in [0.15, 0.2) is 5.11 Å². The summed E-state index contributed by atoms with van der Waals surface area (Å²) in [7, 11) is 2.89. The predicted octanol–water partition coefficient (Wildman–Crippen LogP) is 3.72. The number of esters is 1. The first kappa shape index (κ1) is 23.9. The third-order valence-electron chi connectivity index (χ3n) is 5.75. The molecule has 1 N–H and O–H groups in total. The zero-order valence-electron chi connectivity index (χ0n) is 19.6. The summed E-state index contributed by atoms with van der Waals surface area (Å²) in [6, 6.07) is 15.7. The van der Waals surface area contributed by atoms with Crippen LogP contribution in [0.15, 0.2) is 60.2 Å². The second-order valence-corrected chi connectivity index (χ2v) is 8.24. The van der Waals surface area contributed by atoms with Crippen molar-refractivity contribution in [2.24, 2.45) is 0 Å². The molecule has 2 amide bonds. The van der Waals surface area contributed by atoms with Gasteiger partial charge >= 0.3 is 5.97 Å². The topological polar surface area (TPSA) is 89.9 Å². The van der Waals surface area contributed by atoms with Crippen LogP contribution in [-0.4, -0.2) is 41.7 Å². The largest absolute Gasteiger partial charge is 0.497 e. The fourth-order valence-electron chi connectivity index (χ4n) is 3.97. The number of hydrogen-bond donors (Lipinski definition) is 1. The minimum atomic E-state index is -0.558. The average molecular weight is 490 g/mol. The van der Waals surface area contributed by atoms with Gasteiger partial charge in [-0.3, -0.25) is 19.8 Å². The highest BCUT2D eigenvalue weighted by Crippen LogP contribution is 2.27. The smallest absolute Gasteiger partial charge is 0.337 e. The zero-order valence-corrected chi connectivity index (χ0v) is 20.4. The number of nitrogens with one attached hydrogen (secondary N) is 1. The lowest BCUT2D eigenvalue weighted by molar-refractivity contribution is -0.122. The Labute approximate surface area is 207 Å². The van der Waals surface area contributed by atoms with Gasteiger partial charge in [-0.1, -0.05) is 0 Å². The summed E-state index contributed by atoms with van der Waals surface area (Å²) >= 11 is 5.27. The van der Waals surface area contributed by atoms with Gasteiger partial charge in [0, 0.05) is 17.1 Å². The van der Waals surface area contributed by atoms with Crippen LogP contribution in [0.4, 0.5) is 5.69 Å². The summed E-state index contributed by atoms with van der Waals surface area (Å²) in [4.78, 5) is 39.1. The molecule has 178 valence electrons. The van der Waals surface area contributed by atoms with Gasteiger partial charge in [-0.05, 0) is 92.3 Å². The van der Waals surface area contributed by atoms with E-state index >= 15 is 0 Å². The lowest BCUT2D eigenvalue weighted by Crippen LogP contribution is -2.54. The molecule has 0 saturated carbocycles. The number of aryl methyl sites for hydroxylation is 1. The maximum Gasteiger partial charge on any atom is 0.337 e. The molecule has 8 nitrogen and oxygen atoms in total. The Morgan fingerprint density at radius 1 is 0.971 bits per heavy atom. The number of thiocarbonyl (C=S) groups is 1. The Morgan fingerprint density at radius 2 is 1.60 bits per heavy atom. The molecule has 35 heavy (non-hydrogen) atoms. The lowest BCUT2D eigenvalue weighted by Gasteiger charge is -2.29. The summed E-state index contributed by atoms with van der Waals surface area (Å²) in [5.41, 5.74) is 4.19. The number of ether oxygens (including phenoxy) is 2. The number of benzene rings is 2. The molecule has 3 aromatic rings. The van der Waals surface area contributed by atoms with Gasteiger partial charge in [-0.25, -0.2) is 4.79 Å². The predicted molar refractivity (Wildman–Crippen MR) is 136 cm³/mol. The molecule has 0 radical (unpaired) electrons. The Bertz CT molecular complexity index is 1370. The molecule has 0 atom stereocenters. The second kappa shape index (κ2) is 9.55. The van der Waals surface area contributed by atoms with E-state index in [1.54, 1.807) is 49.6 Å². The molecule has 1 aliphatic heterocycles. The zero-order chi connectivity index (χ0) is 25.3. The van der Waals surface area contributed by atoms with Crippen LogP contribution >= 0.6 is 12.2 Å². The molecule has 0 aliphatic carbocycles. The van der Waals surface area contributed by atoms with Crippen molar-refractivity contribution in [2.45, 2.75) is 13.8 Å². The fraction of sp³-hybridized carbons (Fsp3) is 0.154. The van der Waals surface area contributed by atoms with Gasteiger partial charge in [0.1, 0.15) is 11.3 Å². The third-order valence-corrected chi connectivity index (χ3v) is 6.03. The molecule has 4 rings (SSSR count). The van der Waals surface area contributed by atoms with E-state index < -0.39 is 17.8 Å². The van der Waals surface area contributed by atoms with Crippen LogP contribution in [0.25, 0.3) is 11.8 Å². The minimum Gasteiger partial charge on any atom is -0.497 e. The summed E-state index contributed by atoms with van der Waals surface area (Å²) < 4.78 is 11.9. The highest BCUT2D eigenvalue weighted by Gasteiger charge is 2.34. The van der Waals surface area contributed by atoms with Crippen molar-refractivity contribution in [1.29, 1.82) is 0 Å². The molecule has 1 aromatic heterocycles. The highest BCUT2D eigenvalue weighted by molar-refractivity contribution is 7.80. The van der Waals surface area contributed by atoms with E-state index in [1.165, 1.54) is 12.0 Å². The normalized spacial score (nSPS) is 14.8. The Hall–Kier alpha value is -4.24.